The summed E-state index contributed by atoms with van der Waals surface area (Å²) in [6.45, 7) is 4.38. The Labute approximate surface area is 119 Å². The van der Waals surface area contributed by atoms with E-state index < -0.39 is 0 Å². The largest absolute Gasteiger partial charge is 0.368 e. The molecular weight excluding hydrogens is 250 g/mol. The predicted octanol–water partition coefficient (Wildman–Crippen LogP) is 1.26. The van der Waals surface area contributed by atoms with Crippen LogP contribution in [-0.2, 0) is 6.54 Å². The van der Waals surface area contributed by atoms with Gasteiger partial charge in [0.25, 0.3) is 0 Å². The van der Waals surface area contributed by atoms with Crippen molar-refractivity contribution < 1.29 is 0 Å². The summed E-state index contributed by atoms with van der Waals surface area (Å²) < 4.78 is 0. The van der Waals surface area contributed by atoms with E-state index in [0.717, 1.165) is 37.7 Å². The standard InChI is InChI=1S/C15H19N5/c16-10-13-11-18-15(12-17-13)20-8-6-19(7-9-20)14-4-2-1-3-5-14/h1-5,11-12H,6-10,16H2. The summed E-state index contributed by atoms with van der Waals surface area (Å²) in [5.74, 6) is 0.940. The summed E-state index contributed by atoms with van der Waals surface area (Å²) in [6, 6.07) is 10.5. The first-order valence-corrected chi connectivity index (χ1v) is 6.93. The van der Waals surface area contributed by atoms with Gasteiger partial charge in [-0.2, -0.15) is 0 Å². The summed E-state index contributed by atoms with van der Waals surface area (Å²) in [4.78, 5) is 13.4. The number of anilines is 2. The minimum atomic E-state index is 0.440. The van der Waals surface area contributed by atoms with Gasteiger partial charge in [-0.15, -0.1) is 0 Å². The van der Waals surface area contributed by atoms with Crippen LogP contribution < -0.4 is 15.5 Å². The highest BCUT2D eigenvalue weighted by atomic mass is 15.3. The second-order valence-electron chi connectivity index (χ2n) is 4.88. The van der Waals surface area contributed by atoms with Crippen LogP contribution in [0.4, 0.5) is 11.5 Å². The van der Waals surface area contributed by atoms with Gasteiger partial charge in [-0.25, -0.2) is 4.98 Å². The third-order valence-corrected chi connectivity index (χ3v) is 3.63. The Bertz CT molecular complexity index is 532. The maximum Gasteiger partial charge on any atom is 0.147 e. The molecule has 1 aliphatic rings. The molecule has 0 unspecified atom stereocenters. The maximum atomic E-state index is 5.54. The molecule has 20 heavy (non-hydrogen) atoms. The highest BCUT2D eigenvalue weighted by molar-refractivity contribution is 5.48. The fraction of sp³-hybridized carbons (Fsp3) is 0.333. The van der Waals surface area contributed by atoms with Crippen LogP contribution in [0.2, 0.25) is 0 Å². The molecule has 104 valence electrons. The van der Waals surface area contributed by atoms with E-state index in [4.69, 9.17) is 5.73 Å². The summed E-state index contributed by atoms with van der Waals surface area (Å²) >= 11 is 0. The SMILES string of the molecule is NCc1cnc(N2CCN(c3ccccc3)CC2)cn1. The summed E-state index contributed by atoms with van der Waals surface area (Å²) in [7, 11) is 0. The van der Waals surface area contributed by atoms with Crippen LogP contribution in [0.1, 0.15) is 5.69 Å². The fourth-order valence-electron chi connectivity index (χ4n) is 2.45. The van der Waals surface area contributed by atoms with Gasteiger partial charge in [0.2, 0.25) is 0 Å². The molecule has 5 heteroatoms. The highest BCUT2D eigenvalue weighted by Gasteiger charge is 2.18. The number of nitrogens with two attached hydrogens (primary N) is 1. The predicted molar refractivity (Wildman–Crippen MR) is 80.8 cm³/mol. The number of benzene rings is 1. The van der Waals surface area contributed by atoms with Crippen molar-refractivity contribution in [1.82, 2.24) is 9.97 Å². The molecule has 0 spiro atoms. The van der Waals surface area contributed by atoms with Crippen molar-refractivity contribution in [2.75, 3.05) is 36.0 Å². The zero-order valence-electron chi connectivity index (χ0n) is 11.4. The van der Waals surface area contributed by atoms with Gasteiger partial charge < -0.3 is 15.5 Å². The second kappa shape index (κ2) is 5.88. The molecule has 2 aromatic rings. The Hall–Kier alpha value is -2.14. The van der Waals surface area contributed by atoms with Crippen molar-refractivity contribution in [2.45, 2.75) is 6.54 Å². The maximum absolute atomic E-state index is 5.54. The quantitative estimate of drug-likeness (QED) is 0.909. The number of aromatic nitrogens is 2. The first-order valence-electron chi connectivity index (χ1n) is 6.93. The van der Waals surface area contributed by atoms with Crippen molar-refractivity contribution in [3.63, 3.8) is 0 Å². The molecular formula is C15H19N5. The number of para-hydroxylation sites is 1. The van der Waals surface area contributed by atoms with E-state index in [1.807, 2.05) is 12.3 Å². The molecule has 0 bridgehead atoms. The lowest BCUT2D eigenvalue weighted by atomic mass is 10.2. The number of nitrogens with zero attached hydrogens (tertiary/aromatic N) is 4. The van der Waals surface area contributed by atoms with Gasteiger partial charge in [0, 0.05) is 38.4 Å². The van der Waals surface area contributed by atoms with E-state index >= 15 is 0 Å². The molecule has 0 aliphatic carbocycles. The van der Waals surface area contributed by atoms with Gasteiger partial charge in [-0.3, -0.25) is 4.98 Å². The van der Waals surface area contributed by atoms with Gasteiger partial charge in [-0.1, -0.05) is 18.2 Å². The average molecular weight is 269 g/mol. The number of hydrogen-bond acceptors (Lipinski definition) is 5. The number of hydrogen-bond donors (Lipinski definition) is 1. The molecule has 1 aliphatic heterocycles. The third-order valence-electron chi connectivity index (χ3n) is 3.63. The first kappa shape index (κ1) is 12.9. The zero-order valence-corrected chi connectivity index (χ0v) is 11.4. The monoisotopic (exact) mass is 269 g/mol. The molecule has 2 N–H and O–H groups in total. The van der Waals surface area contributed by atoms with E-state index in [9.17, 15) is 0 Å². The number of piperazine rings is 1. The van der Waals surface area contributed by atoms with Crippen molar-refractivity contribution in [2.24, 2.45) is 5.73 Å². The van der Waals surface area contributed by atoms with E-state index in [-0.39, 0.29) is 0 Å². The van der Waals surface area contributed by atoms with Crippen molar-refractivity contribution in [1.29, 1.82) is 0 Å². The average Bonchev–Trinajstić information content (AvgIpc) is 2.56. The minimum absolute atomic E-state index is 0.440. The number of rotatable bonds is 3. The van der Waals surface area contributed by atoms with Crippen LogP contribution in [0.3, 0.4) is 0 Å². The molecule has 1 aromatic heterocycles. The first-order chi connectivity index (χ1) is 9.86. The van der Waals surface area contributed by atoms with Gasteiger partial charge in [0.1, 0.15) is 5.82 Å². The second-order valence-corrected chi connectivity index (χ2v) is 4.88. The molecule has 2 heterocycles. The van der Waals surface area contributed by atoms with Crippen LogP contribution in [0, 0.1) is 0 Å². The van der Waals surface area contributed by atoms with Gasteiger partial charge >= 0.3 is 0 Å². The summed E-state index contributed by atoms with van der Waals surface area (Å²) in [5.41, 5.74) is 7.66. The fourth-order valence-corrected chi connectivity index (χ4v) is 2.45. The van der Waals surface area contributed by atoms with E-state index in [2.05, 4.69) is 44.0 Å². The van der Waals surface area contributed by atoms with E-state index in [0.29, 0.717) is 6.54 Å². The van der Waals surface area contributed by atoms with Gasteiger partial charge in [0.05, 0.1) is 18.1 Å². The molecule has 1 fully saturated rings. The molecule has 0 atom stereocenters. The van der Waals surface area contributed by atoms with Crippen LogP contribution in [0.5, 0.6) is 0 Å². The topological polar surface area (TPSA) is 58.3 Å². The van der Waals surface area contributed by atoms with Crippen LogP contribution in [0.15, 0.2) is 42.7 Å². The van der Waals surface area contributed by atoms with Crippen molar-refractivity contribution in [3.05, 3.63) is 48.4 Å². The molecule has 0 amide bonds. The van der Waals surface area contributed by atoms with Crippen LogP contribution in [0.25, 0.3) is 0 Å². The molecule has 1 saturated heterocycles. The molecule has 5 nitrogen and oxygen atoms in total. The summed E-state index contributed by atoms with van der Waals surface area (Å²) in [5, 5.41) is 0. The Morgan fingerprint density at radius 2 is 1.60 bits per heavy atom. The normalized spacial score (nSPS) is 15.4. The molecule has 0 radical (unpaired) electrons. The smallest absolute Gasteiger partial charge is 0.147 e. The van der Waals surface area contributed by atoms with E-state index in [1.54, 1.807) is 6.20 Å². The lowest BCUT2D eigenvalue weighted by molar-refractivity contribution is 0.645. The Balaban J connectivity index is 1.63. The highest BCUT2D eigenvalue weighted by Crippen LogP contribution is 2.18. The van der Waals surface area contributed by atoms with Crippen molar-refractivity contribution in [3.8, 4) is 0 Å². The zero-order chi connectivity index (χ0) is 13.8. The molecule has 0 saturated carbocycles. The summed E-state index contributed by atoms with van der Waals surface area (Å²) in [6.07, 6.45) is 3.58. The lowest BCUT2D eigenvalue weighted by Crippen LogP contribution is -2.46. The minimum Gasteiger partial charge on any atom is -0.368 e. The molecule has 1 aromatic carbocycles. The lowest BCUT2D eigenvalue weighted by Gasteiger charge is -2.36. The van der Waals surface area contributed by atoms with Crippen LogP contribution in [-0.4, -0.2) is 36.1 Å². The Morgan fingerprint density at radius 1 is 0.900 bits per heavy atom. The van der Waals surface area contributed by atoms with Crippen LogP contribution >= 0.6 is 0 Å². The Kier molecular flexibility index (Phi) is 3.78. The van der Waals surface area contributed by atoms with Gasteiger partial charge in [0.15, 0.2) is 0 Å². The van der Waals surface area contributed by atoms with E-state index in [1.165, 1.54) is 5.69 Å². The third kappa shape index (κ3) is 2.72. The van der Waals surface area contributed by atoms with Gasteiger partial charge in [-0.05, 0) is 12.1 Å². The molecule has 3 rings (SSSR count). The Morgan fingerprint density at radius 3 is 2.20 bits per heavy atom. The van der Waals surface area contributed by atoms with Crippen molar-refractivity contribution >= 4 is 11.5 Å².